The molecule has 0 bridgehead atoms. The zero-order chi connectivity index (χ0) is 6.69. The number of halogens is 1. The minimum absolute atomic E-state index is 0. The number of ether oxygens (including phenoxy) is 1. The number of hydrogen-bond donors (Lipinski definition) is 2. The van der Waals surface area contributed by atoms with E-state index in [-0.39, 0.29) is 30.4 Å². The summed E-state index contributed by atoms with van der Waals surface area (Å²) in [4.78, 5) is 10.6. The molecule has 1 heterocycles. The smallest absolute Gasteiger partial charge is 0.159 e. The molecule has 68 valence electrons. The van der Waals surface area contributed by atoms with E-state index in [4.69, 9.17) is 4.74 Å². The minimum atomic E-state index is -0.196. The van der Waals surface area contributed by atoms with Crippen molar-refractivity contribution in [3.63, 3.8) is 0 Å². The van der Waals surface area contributed by atoms with Gasteiger partial charge < -0.3 is 16.2 Å². The molecule has 1 aliphatic heterocycles. The number of morpholine rings is 1. The highest BCUT2D eigenvalue weighted by molar-refractivity contribution is 5.85. The number of Topliss-reactive ketones (excluding diaryl/α,β-unsaturated/α-hetero) is 1. The number of hydrogen-bond acceptors (Lipinski definition) is 4. The molecule has 0 spiro atoms. The summed E-state index contributed by atoms with van der Waals surface area (Å²) in [6, 6.07) is 0. The topological polar surface area (TPSA) is 73.3 Å². The van der Waals surface area contributed by atoms with Gasteiger partial charge in [0.15, 0.2) is 5.78 Å². The number of carbonyl (C=O) groups is 1. The zero-order valence-corrected chi connectivity index (χ0v) is 7.45. The number of carbonyl (C=O) groups excluding carboxylic acids is 1. The van der Waals surface area contributed by atoms with Gasteiger partial charge in [0, 0.05) is 13.1 Å². The molecule has 0 radical (unpaired) electrons. The summed E-state index contributed by atoms with van der Waals surface area (Å²) in [6.07, 6.45) is -0.196. The minimum Gasteiger partial charge on any atom is -0.368 e. The van der Waals surface area contributed by atoms with Gasteiger partial charge in [-0.05, 0) is 6.92 Å². The Labute approximate surface area is 72.7 Å². The monoisotopic (exact) mass is 182 g/mol. The van der Waals surface area contributed by atoms with Gasteiger partial charge in [-0.2, -0.15) is 0 Å². The molecule has 1 atom stereocenters. The van der Waals surface area contributed by atoms with E-state index in [1.807, 2.05) is 0 Å². The van der Waals surface area contributed by atoms with E-state index in [1.54, 1.807) is 6.92 Å². The first kappa shape index (κ1) is 13.4. The summed E-state index contributed by atoms with van der Waals surface area (Å²) < 4.78 is 5.13. The van der Waals surface area contributed by atoms with Crippen LogP contribution in [-0.4, -0.2) is 31.6 Å². The summed E-state index contributed by atoms with van der Waals surface area (Å²) in [5, 5.41) is 3.07. The molecular weight excluding hydrogens is 168 g/mol. The molecule has 4 N–H and O–H groups in total. The van der Waals surface area contributed by atoms with Crippen LogP contribution in [0.25, 0.3) is 0 Å². The Balaban J connectivity index is 0. The third-order valence-corrected chi connectivity index (χ3v) is 1.38. The molecule has 11 heavy (non-hydrogen) atoms. The first-order valence-corrected chi connectivity index (χ1v) is 3.13. The van der Waals surface area contributed by atoms with Gasteiger partial charge in [0.1, 0.15) is 6.10 Å². The highest BCUT2D eigenvalue weighted by atomic mass is 35.5. The maximum Gasteiger partial charge on any atom is 0.159 e. The number of ketones is 1. The van der Waals surface area contributed by atoms with Crippen molar-refractivity contribution >= 4 is 18.2 Å². The van der Waals surface area contributed by atoms with Crippen molar-refractivity contribution in [3.8, 4) is 0 Å². The quantitative estimate of drug-likeness (QED) is 0.606. The molecule has 0 saturated carbocycles. The Hall–Kier alpha value is -0.160. The Bertz CT molecular complexity index is 115. The normalized spacial score (nSPS) is 22.8. The predicted molar refractivity (Wildman–Crippen MR) is 45.6 cm³/mol. The van der Waals surface area contributed by atoms with Gasteiger partial charge in [0.25, 0.3) is 0 Å². The predicted octanol–water partition coefficient (Wildman–Crippen LogP) is 0.148. The molecule has 4 nitrogen and oxygen atoms in total. The Morgan fingerprint density at radius 2 is 2.27 bits per heavy atom. The van der Waals surface area contributed by atoms with Crippen LogP contribution in [-0.2, 0) is 9.53 Å². The highest BCUT2D eigenvalue weighted by Crippen LogP contribution is 1.95. The lowest BCUT2D eigenvalue weighted by molar-refractivity contribution is -0.129. The molecule has 0 amide bonds. The fraction of sp³-hybridized carbons (Fsp3) is 0.833. The van der Waals surface area contributed by atoms with E-state index >= 15 is 0 Å². The molecule has 0 aromatic rings. The van der Waals surface area contributed by atoms with Crippen LogP contribution in [0.1, 0.15) is 6.92 Å². The summed E-state index contributed by atoms with van der Waals surface area (Å²) in [6.45, 7) is 3.75. The van der Waals surface area contributed by atoms with Crippen LogP contribution in [0.15, 0.2) is 0 Å². The van der Waals surface area contributed by atoms with Crippen LogP contribution >= 0.6 is 12.4 Å². The van der Waals surface area contributed by atoms with Gasteiger partial charge in [0.05, 0.1) is 6.61 Å². The Morgan fingerprint density at radius 1 is 1.64 bits per heavy atom. The second-order valence-corrected chi connectivity index (χ2v) is 2.17. The molecule has 0 aromatic heterocycles. The van der Waals surface area contributed by atoms with Crippen LogP contribution in [0.5, 0.6) is 0 Å². The number of rotatable bonds is 1. The van der Waals surface area contributed by atoms with Gasteiger partial charge in [-0.1, -0.05) is 0 Å². The van der Waals surface area contributed by atoms with Crippen molar-refractivity contribution in [2.45, 2.75) is 13.0 Å². The van der Waals surface area contributed by atoms with Gasteiger partial charge >= 0.3 is 0 Å². The van der Waals surface area contributed by atoms with E-state index in [9.17, 15) is 4.79 Å². The number of nitrogens with one attached hydrogen (secondary N) is 1. The Kier molecular flexibility index (Phi) is 7.99. The van der Waals surface area contributed by atoms with Crippen LogP contribution in [0, 0.1) is 0 Å². The first-order chi connectivity index (χ1) is 4.30. The molecular formula is C6H15ClN2O2. The van der Waals surface area contributed by atoms with Gasteiger partial charge in [-0.3, -0.25) is 4.79 Å². The molecule has 1 fully saturated rings. The molecule has 0 aliphatic carbocycles. The van der Waals surface area contributed by atoms with Crippen molar-refractivity contribution in [2.24, 2.45) is 0 Å². The van der Waals surface area contributed by atoms with Crippen molar-refractivity contribution in [1.82, 2.24) is 11.5 Å². The Morgan fingerprint density at radius 3 is 2.55 bits per heavy atom. The summed E-state index contributed by atoms with van der Waals surface area (Å²) in [5.41, 5.74) is 0. The lowest BCUT2D eigenvalue weighted by atomic mass is 10.2. The van der Waals surface area contributed by atoms with Gasteiger partial charge in [0.2, 0.25) is 0 Å². The third kappa shape index (κ3) is 4.31. The van der Waals surface area contributed by atoms with E-state index in [2.05, 4.69) is 5.32 Å². The molecule has 1 aliphatic rings. The summed E-state index contributed by atoms with van der Waals surface area (Å²) >= 11 is 0. The van der Waals surface area contributed by atoms with Gasteiger partial charge in [-0.15, -0.1) is 12.4 Å². The van der Waals surface area contributed by atoms with Gasteiger partial charge in [-0.25, -0.2) is 0 Å². The van der Waals surface area contributed by atoms with Crippen LogP contribution in [0.4, 0.5) is 0 Å². The fourth-order valence-corrected chi connectivity index (χ4v) is 0.827. The van der Waals surface area contributed by atoms with E-state index < -0.39 is 0 Å². The average Bonchev–Trinajstić information content (AvgIpc) is 1.90. The highest BCUT2D eigenvalue weighted by Gasteiger charge is 2.16. The molecule has 0 aromatic carbocycles. The molecule has 1 rings (SSSR count). The molecule has 1 unspecified atom stereocenters. The van der Waals surface area contributed by atoms with Crippen LogP contribution < -0.4 is 11.5 Å². The second kappa shape index (κ2) is 6.54. The zero-order valence-electron chi connectivity index (χ0n) is 6.63. The lowest BCUT2D eigenvalue weighted by Gasteiger charge is -2.20. The maximum absolute atomic E-state index is 10.6. The SMILES string of the molecule is CC(=O)C1CNCCO1.Cl.N. The first-order valence-electron chi connectivity index (χ1n) is 3.13. The van der Waals surface area contributed by atoms with Crippen LogP contribution in [0.2, 0.25) is 0 Å². The van der Waals surface area contributed by atoms with Crippen LogP contribution in [0.3, 0.4) is 0 Å². The molecule has 5 heteroatoms. The van der Waals surface area contributed by atoms with E-state index in [0.717, 1.165) is 6.54 Å². The van der Waals surface area contributed by atoms with E-state index in [1.165, 1.54) is 0 Å². The van der Waals surface area contributed by atoms with Crippen molar-refractivity contribution in [2.75, 3.05) is 19.7 Å². The van der Waals surface area contributed by atoms with Crippen molar-refractivity contribution < 1.29 is 9.53 Å². The van der Waals surface area contributed by atoms with E-state index in [0.29, 0.717) is 13.2 Å². The third-order valence-electron chi connectivity index (χ3n) is 1.38. The summed E-state index contributed by atoms with van der Waals surface area (Å²) in [7, 11) is 0. The van der Waals surface area contributed by atoms with Crippen molar-refractivity contribution in [3.05, 3.63) is 0 Å². The lowest BCUT2D eigenvalue weighted by Crippen LogP contribution is -2.42. The standard InChI is InChI=1S/C6H11NO2.ClH.H3N/c1-5(8)6-4-7-2-3-9-6;;/h6-7H,2-4H2,1H3;1H;1H3. The largest absolute Gasteiger partial charge is 0.368 e. The summed E-state index contributed by atoms with van der Waals surface area (Å²) in [5.74, 6) is 0.113. The second-order valence-electron chi connectivity index (χ2n) is 2.17. The maximum atomic E-state index is 10.6. The average molecular weight is 183 g/mol. The van der Waals surface area contributed by atoms with Crippen molar-refractivity contribution in [1.29, 1.82) is 0 Å². The molecule has 1 saturated heterocycles. The fourth-order valence-electron chi connectivity index (χ4n) is 0.827.